The van der Waals surface area contributed by atoms with Crippen LogP contribution in [0.4, 0.5) is 0 Å². The minimum Gasteiger partial charge on any atom is -0.292 e. The number of rotatable bonds is 10. The van der Waals surface area contributed by atoms with Crippen molar-refractivity contribution in [1.82, 2.24) is 0 Å². The number of nitro groups is 1. The van der Waals surface area contributed by atoms with Crippen LogP contribution in [0.1, 0.15) is 51.0 Å². The van der Waals surface area contributed by atoms with Gasteiger partial charge < -0.3 is 0 Å². The Morgan fingerprint density at radius 1 is 1.20 bits per heavy atom. The van der Waals surface area contributed by atoms with Crippen LogP contribution in [0, 0.1) is 10.1 Å². The first kappa shape index (κ1) is 16.3. The van der Waals surface area contributed by atoms with Crippen LogP contribution in [-0.2, 0) is 11.2 Å². The van der Waals surface area contributed by atoms with Gasteiger partial charge in [0.25, 0.3) is 6.04 Å². The molecule has 0 aliphatic heterocycles. The molecule has 4 nitrogen and oxygen atoms in total. The highest BCUT2D eigenvalue weighted by Crippen LogP contribution is 2.12. The summed E-state index contributed by atoms with van der Waals surface area (Å²) < 4.78 is 0. The predicted molar refractivity (Wildman–Crippen MR) is 79.3 cm³/mol. The molecule has 0 spiro atoms. The summed E-state index contributed by atoms with van der Waals surface area (Å²) in [4.78, 5) is 22.5. The number of benzene rings is 1. The summed E-state index contributed by atoms with van der Waals surface area (Å²) in [7, 11) is 0. The van der Waals surface area contributed by atoms with Crippen LogP contribution in [-0.4, -0.2) is 16.7 Å². The van der Waals surface area contributed by atoms with Crippen LogP contribution in [0.25, 0.3) is 0 Å². The highest BCUT2D eigenvalue weighted by molar-refractivity contribution is 5.82. The van der Waals surface area contributed by atoms with Gasteiger partial charge >= 0.3 is 0 Å². The van der Waals surface area contributed by atoms with Crippen molar-refractivity contribution in [1.29, 1.82) is 0 Å². The van der Waals surface area contributed by atoms with Gasteiger partial charge in [-0.05, 0) is 24.8 Å². The molecule has 0 amide bonds. The minimum atomic E-state index is -1.00. The highest BCUT2D eigenvalue weighted by Gasteiger charge is 2.27. The second kappa shape index (κ2) is 9.23. The van der Waals surface area contributed by atoms with Gasteiger partial charge in [0.05, 0.1) is 0 Å². The quantitative estimate of drug-likeness (QED) is 0.371. The van der Waals surface area contributed by atoms with E-state index in [4.69, 9.17) is 0 Å². The maximum atomic E-state index is 11.9. The van der Waals surface area contributed by atoms with Crippen molar-refractivity contribution in [2.75, 3.05) is 0 Å². The summed E-state index contributed by atoms with van der Waals surface area (Å²) in [5.74, 6) is -0.220. The van der Waals surface area contributed by atoms with Gasteiger partial charge in [0, 0.05) is 17.8 Å². The van der Waals surface area contributed by atoms with Gasteiger partial charge in [-0.15, -0.1) is 0 Å². The van der Waals surface area contributed by atoms with E-state index in [1.54, 1.807) is 0 Å². The van der Waals surface area contributed by atoms with Gasteiger partial charge in [0.2, 0.25) is 5.78 Å². The van der Waals surface area contributed by atoms with Gasteiger partial charge in [-0.1, -0.05) is 50.1 Å². The normalized spacial score (nSPS) is 12.1. The molecule has 1 unspecified atom stereocenters. The Morgan fingerprint density at radius 2 is 1.90 bits per heavy atom. The lowest BCUT2D eigenvalue weighted by Crippen LogP contribution is -2.29. The van der Waals surface area contributed by atoms with E-state index in [2.05, 4.69) is 0 Å². The zero-order chi connectivity index (χ0) is 14.8. The minimum absolute atomic E-state index is 0.220. The molecule has 20 heavy (non-hydrogen) atoms. The molecule has 0 aliphatic rings. The highest BCUT2D eigenvalue weighted by atomic mass is 16.6. The van der Waals surface area contributed by atoms with Crippen molar-refractivity contribution in [2.45, 2.75) is 57.9 Å². The Balaban J connectivity index is 2.36. The molecule has 1 rings (SSSR count). The number of carbonyl (C=O) groups is 1. The maximum Gasteiger partial charge on any atom is 0.270 e. The van der Waals surface area contributed by atoms with Gasteiger partial charge in [-0.25, -0.2) is 0 Å². The average Bonchev–Trinajstić information content (AvgIpc) is 2.44. The molecule has 1 atom stereocenters. The van der Waals surface area contributed by atoms with Crippen LogP contribution < -0.4 is 0 Å². The van der Waals surface area contributed by atoms with E-state index in [9.17, 15) is 14.9 Å². The number of aryl methyl sites for hydroxylation is 1. The molecule has 110 valence electrons. The molecule has 4 heteroatoms. The van der Waals surface area contributed by atoms with E-state index in [0.29, 0.717) is 19.3 Å². The molecule has 0 aromatic heterocycles. The monoisotopic (exact) mass is 277 g/mol. The summed E-state index contributed by atoms with van der Waals surface area (Å²) in [5.41, 5.74) is 1.17. The third-order valence-electron chi connectivity index (χ3n) is 3.44. The Bertz CT molecular complexity index is 417. The zero-order valence-corrected chi connectivity index (χ0v) is 12.1. The fraction of sp³-hybridized carbons (Fsp3) is 0.562. The van der Waals surface area contributed by atoms with E-state index in [1.165, 1.54) is 5.56 Å². The number of hydrogen-bond acceptors (Lipinski definition) is 3. The molecule has 1 aromatic carbocycles. The fourth-order valence-electron chi connectivity index (χ4n) is 2.25. The van der Waals surface area contributed by atoms with Gasteiger partial charge in [0.1, 0.15) is 0 Å². The van der Waals surface area contributed by atoms with E-state index in [-0.39, 0.29) is 5.78 Å². The van der Waals surface area contributed by atoms with Crippen LogP contribution in [0.2, 0.25) is 0 Å². The van der Waals surface area contributed by atoms with E-state index < -0.39 is 11.0 Å². The standard InChI is InChI=1S/C16H23NO3/c1-2-3-5-12-15(17(19)20)16(18)13-8-11-14-9-6-4-7-10-14/h4,6-7,9-10,15H,2-3,5,8,11-13H2,1H3. The van der Waals surface area contributed by atoms with Crippen molar-refractivity contribution >= 4 is 5.78 Å². The lowest BCUT2D eigenvalue weighted by molar-refractivity contribution is -0.508. The summed E-state index contributed by atoms with van der Waals surface area (Å²) in [6.07, 6.45) is 4.87. The molecule has 0 fully saturated rings. The first-order valence-corrected chi connectivity index (χ1v) is 7.35. The number of Topliss-reactive ketones (excluding diaryl/α,β-unsaturated/α-hetero) is 1. The molecule has 0 heterocycles. The SMILES string of the molecule is CCCCCC(C(=O)CCCc1ccccc1)[N+](=O)[O-]. The van der Waals surface area contributed by atoms with Crippen molar-refractivity contribution in [2.24, 2.45) is 0 Å². The lowest BCUT2D eigenvalue weighted by atomic mass is 9.99. The molecule has 0 aliphatic carbocycles. The molecule has 0 N–H and O–H groups in total. The summed E-state index contributed by atoms with van der Waals surface area (Å²) in [6, 6.07) is 8.89. The number of carbonyl (C=O) groups excluding carboxylic acids is 1. The van der Waals surface area contributed by atoms with Gasteiger partial charge in [-0.3, -0.25) is 14.9 Å². The largest absolute Gasteiger partial charge is 0.292 e. The number of unbranched alkanes of at least 4 members (excludes halogenated alkanes) is 2. The molecular formula is C16H23NO3. The van der Waals surface area contributed by atoms with Crippen LogP contribution in [0.15, 0.2) is 30.3 Å². The first-order valence-electron chi connectivity index (χ1n) is 7.35. The van der Waals surface area contributed by atoms with Crippen molar-refractivity contribution in [3.05, 3.63) is 46.0 Å². The fourth-order valence-corrected chi connectivity index (χ4v) is 2.25. The van der Waals surface area contributed by atoms with Crippen molar-refractivity contribution in [3.63, 3.8) is 0 Å². The van der Waals surface area contributed by atoms with Crippen molar-refractivity contribution in [3.8, 4) is 0 Å². The zero-order valence-electron chi connectivity index (χ0n) is 12.1. The van der Waals surface area contributed by atoms with Crippen LogP contribution in [0.3, 0.4) is 0 Å². The Kier molecular flexibility index (Phi) is 7.55. The van der Waals surface area contributed by atoms with E-state index >= 15 is 0 Å². The Morgan fingerprint density at radius 3 is 2.50 bits per heavy atom. The van der Waals surface area contributed by atoms with E-state index in [1.807, 2.05) is 37.3 Å². The van der Waals surface area contributed by atoms with Crippen LogP contribution in [0.5, 0.6) is 0 Å². The van der Waals surface area contributed by atoms with E-state index in [0.717, 1.165) is 25.7 Å². The van der Waals surface area contributed by atoms with Gasteiger partial charge in [-0.2, -0.15) is 0 Å². The molecular weight excluding hydrogens is 254 g/mol. The maximum absolute atomic E-state index is 11.9. The summed E-state index contributed by atoms with van der Waals surface area (Å²) >= 11 is 0. The van der Waals surface area contributed by atoms with Crippen LogP contribution >= 0.6 is 0 Å². The Labute approximate surface area is 120 Å². The van der Waals surface area contributed by atoms with Crippen molar-refractivity contribution < 1.29 is 9.72 Å². The molecule has 0 bridgehead atoms. The average molecular weight is 277 g/mol. The second-order valence-electron chi connectivity index (χ2n) is 5.10. The predicted octanol–water partition coefficient (Wildman–Crippen LogP) is 3.80. The first-order chi connectivity index (χ1) is 9.65. The smallest absolute Gasteiger partial charge is 0.270 e. The lowest BCUT2D eigenvalue weighted by Gasteiger charge is -2.08. The third-order valence-corrected chi connectivity index (χ3v) is 3.44. The summed E-state index contributed by atoms with van der Waals surface area (Å²) in [5, 5.41) is 11.0. The molecule has 0 saturated carbocycles. The number of nitrogens with zero attached hydrogens (tertiary/aromatic N) is 1. The molecule has 0 saturated heterocycles. The number of ketones is 1. The topological polar surface area (TPSA) is 60.2 Å². The third kappa shape index (κ3) is 5.95. The molecule has 0 radical (unpaired) electrons. The number of hydrogen-bond donors (Lipinski definition) is 0. The molecule has 1 aromatic rings. The second-order valence-corrected chi connectivity index (χ2v) is 5.10. The van der Waals surface area contributed by atoms with Gasteiger partial charge in [0.15, 0.2) is 0 Å². The summed E-state index contributed by atoms with van der Waals surface area (Å²) in [6.45, 7) is 2.04. The Hall–Kier alpha value is -1.71.